The number of rotatable bonds is 3. The predicted octanol–water partition coefficient (Wildman–Crippen LogP) is 1.83. The second-order valence-corrected chi connectivity index (χ2v) is 5.01. The number of nitrogen functional groups attached to an aromatic ring is 1. The average Bonchev–Trinajstić information content (AvgIpc) is 2.90. The van der Waals surface area contributed by atoms with Gasteiger partial charge < -0.3 is 20.4 Å². The number of hydrogen-bond donors (Lipinski definition) is 2. The molecule has 2 heterocycles. The van der Waals surface area contributed by atoms with E-state index in [0.29, 0.717) is 22.8 Å². The average molecular weight is 274 g/mol. The van der Waals surface area contributed by atoms with Crippen LogP contribution in [0.15, 0.2) is 22.6 Å². The third-order valence-electron chi connectivity index (χ3n) is 3.55. The molecule has 0 aliphatic carbocycles. The van der Waals surface area contributed by atoms with E-state index in [1.165, 1.54) is 6.42 Å². The first-order valence-corrected chi connectivity index (χ1v) is 6.91. The zero-order valence-electron chi connectivity index (χ0n) is 11.3. The molecule has 6 nitrogen and oxygen atoms in total. The first-order chi connectivity index (χ1) is 9.74. The molecule has 1 aliphatic heterocycles. The maximum Gasteiger partial charge on any atom is 0.296 e. The standard InChI is InChI=1S/C14H18N4O2/c15-10-5-4-6-11-13(10)17-14(20-11)16-9-12(19)18-7-2-1-3-8-18/h4-6H,1-3,7-9,15H2,(H,16,17). The summed E-state index contributed by atoms with van der Waals surface area (Å²) in [4.78, 5) is 18.2. The molecule has 6 heteroatoms. The summed E-state index contributed by atoms with van der Waals surface area (Å²) >= 11 is 0. The number of hydrogen-bond acceptors (Lipinski definition) is 5. The molecule has 1 aromatic heterocycles. The molecule has 0 bridgehead atoms. The molecule has 0 spiro atoms. The number of piperidine rings is 1. The van der Waals surface area contributed by atoms with E-state index < -0.39 is 0 Å². The number of aromatic nitrogens is 1. The lowest BCUT2D eigenvalue weighted by Crippen LogP contribution is -2.39. The van der Waals surface area contributed by atoms with E-state index in [1.807, 2.05) is 11.0 Å². The molecule has 1 aliphatic rings. The Labute approximate surface area is 116 Å². The first kappa shape index (κ1) is 12.8. The van der Waals surface area contributed by atoms with Gasteiger partial charge in [-0.2, -0.15) is 4.98 Å². The van der Waals surface area contributed by atoms with Gasteiger partial charge in [0.05, 0.1) is 12.2 Å². The van der Waals surface area contributed by atoms with Crippen molar-refractivity contribution in [2.24, 2.45) is 0 Å². The first-order valence-electron chi connectivity index (χ1n) is 6.91. The Bertz CT molecular complexity index is 617. The molecule has 1 aromatic carbocycles. The number of nitrogens with two attached hydrogens (primary N) is 1. The maximum atomic E-state index is 12.0. The molecule has 0 saturated carbocycles. The van der Waals surface area contributed by atoms with Gasteiger partial charge in [0.15, 0.2) is 5.58 Å². The number of anilines is 2. The number of amides is 1. The van der Waals surface area contributed by atoms with E-state index in [9.17, 15) is 4.79 Å². The predicted molar refractivity (Wildman–Crippen MR) is 77.3 cm³/mol. The molecule has 3 N–H and O–H groups in total. The van der Waals surface area contributed by atoms with E-state index in [2.05, 4.69) is 10.3 Å². The van der Waals surface area contributed by atoms with Crippen LogP contribution in [-0.2, 0) is 4.79 Å². The third-order valence-corrected chi connectivity index (χ3v) is 3.55. The van der Waals surface area contributed by atoms with Gasteiger partial charge in [0, 0.05) is 13.1 Å². The van der Waals surface area contributed by atoms with Gasteiger partial charge in [0.2, 0.25) is 5.91 Å². The summed E-state index contributed by atoms with van der Waals surface area (Å²) in [6.07, 6.45) is 3.39. The molecule has 0 atom stereocenters. The number of nitrogens with zero attached hydrogens (tertiary/aromatic N) is 2. The summed E-state index contributed by atoms with van der Waals surface area (Å²) in [6, 6.07) is 5.72. The summed E-state index contributed by atoms with van der Waals surface area (Å²) in [5, 5.41) is 2.93. The highest BCUT2D eigenvalue weighted by atomic mass is 16.4. The maximum absolute atomic E-state index is 12.0. The van der Waals surface area contributed by atoms with Crippen LogP contribution in [0, 0.1) is 0 Å². The zero-order valence-corrected chi connectivity index (χ0v) is 11.3. The summed E-state index contributed by atoms with van der Waals surface area (Å²) in [5.74, 6) is 0.0833. The number of para-hydroxylation sites is 1. The van der Waals surface area contributed by atoms with E-state index in [0.717, 1.165) is 25.9 Å². The highest BCUT2D eigenvalue weighted by molar-refractivity contribution is 5.87. The Morgan fingerprint density at radius 3 is 2.90 bits per heavy atom. The van der Waals surface area contributed by atoms with Gasteiger partial charge in [-0.3, -0.25) is 4.79 Å². The van der Waals surface area contributed by atoms with Crippen molar-refractivity contribution in [1.29, 1.82) is 0 Å². The van der Waals surface area contributed by atoms with Crippen molar-refractivity contribution in [2.75, 3.05) is 30.7 Å². The second-order valence-electron chi connectivity index (χ2n) is 5.01. The molecule has 0 unspecified atom stereocenters. The number of oxazole rings is 1. The molecule has 106 valence electrons. The van der Waals surface area contributed by atoms with Crippen LogP contribution in [-0.4, -0.2) is 35.4 Å². The fourth-order valence-electron chi connectivity index (χ4n) is 2.45. The van der Waals surface area contributed by atoms with Crippen LogP contribution in [0.25, 0.3) is 11.1 Å². The molecule has 0 radical (unpaired) electrons. The quantitative estimate of drug-likeness (QED) is 0.834. The Hall–Kier alpha value is -2.24. The van der Waals surface area contributed by atoms with Crippen LogP contribution in [0.1, 0.15) is 19.3 Å². The Balaban J connectivity index is 1.64. The molecule has 3 rings (SSSR count). The van der Waals surface area contributed by atoms with Gasteiger partial charge in [-0.05, 0) is 31.4 Å². The monoisotopic (exact) mass is 274 g/mol. The van der Waals surface area contributed by atoms with Gasteiger partial charge in [0.25, 0.3) is 6.01 Å². The van der Waals surface area contributed by atoms with E-state index in [1.54, 1.807) is 12.1 Å². The van der Waals surface area contributed by atoms with Crippen molar-refractivity contribution >= 4 is 28.7 Å². The second kappa shape index (κ2) is 5.40. The number of benzene rings is 1. The lowest BCUT2D eigenvalue weighted by molar-refractivity contribution is -0.130. The lowest BCUT2D eigenvalue weighted by atomic mass is 10.1. The van der Waals surface area contributed by atoms with E-state index in [-0.39, 0.29) is 12.5 Å². The summed E-state index contributed by atoms with van der Waals surface area (Å²) in [6.45, 7) is 1.90. The minimum Gasteiger partial charge on any atom is -0.423 e. The minimum absolute atomic E-state index is 0.0833. The normalized spacial score (nSPS) is 15.5. The van der Waals surface area contributed by atoms with Gasteiger partial charge in [-0.15, -0.1) is 0 Å². The van der Waals surface area contributed by atoms with Crippen molar-refractivity contribution in [3.05, 3.63) is 18.2 Å². The number of nitrogens with one attached hydrogen (secondary N) is 1. The molecular formula is C14H18N4O2. The molecule has 1 saturated heterocycles. The number of likely N-dealkylation sites (tertiary alicyclic amines) is 1. The van der Waals surface area contributed by atoms with Crippen LogP contribution in [0.2, 0.25) is 0 Å². The minimum atomic E-state index is 0.0833. The zero-order chi connectivity index (χ0) is 13.9. The van der Waals surface area contributed by atoms with Crippen LogP contribution < -0.4 is 11.1 Å². The number of carbonyl (C=O) groups excluding carboxylic acids is 1. The van der Waals surface area contributed by atoms with Gasteiger partial charge in [0.1, 0.15) is 5.52 Å². The Morgan fingerprint density at radius 2 is 2.15 bits per heavy atom. The molecule has 20 heavy (non-hydrogen) atoms. The topological polar surface area (TPSA) is 84.4 Å². The van der Waals surface area contributed by atoms with Crippen molar-refractivity contribution in [3.8, 4) is 0 Å². The Kier molecular flexibility index (Phi) is 3.45. The van der Waals surface area contributed by atoms with Crippen LogP contribution in [0.4, 0.5) is 11.7 Å². The molecular weight excluding hydrogens is 256 g/mol. The van der Waals surface area contributed by atoms with Crippen LogP contribution in [0.3, 0.4) is 0 Å². The third kappa shape index (κ3) is 2.54. The fraction of sp³-hybridized carbons (Fsp3) is 0.429. The smallest absolute Gasteiger partial charge is 0.296 e. The van der Waals surface area contributed by atoms with Crippen LogP contribution >= 0.6 is 0 Å². The summed E-state index contributed by atoms with van der Waals surface area (Å²) in [7, 11) is 0. The lowest BCUT2D eigenvalue weighted by Gasteiger charge is -2.26. The van der Waals surface area contributed by atoms with Crippen molar-refractivity contribution in [1.82, 2.24) is 9.88 Å². The van der Waals surface area contributed by atoms with Crippen LogP contribution in [0.5, 0.6) is 0 Å². The number of carbonyl (C=O) groups is 1. The molecule has 1 amide bonds. The van der Waals surface area contributed by atoms with Gasteiger partial charge in [-0.1, -0.05) is 6.07 Å². The summed E-state index contributed by atoms with van der Waals surface area (Å²) < 4.78 is 5.51. The van der Waals surface area contributed by atoms with Crippen molar-refractivity contribution in [3.63, 3.8) is 0 Å². The van der Waals surface area contributed by atoms with Crippen molar-refractivity contribution < 1.29 is 9.21 Å². The highest BCUT2D eigenvalue weighted by Crippen LogP contribution is 2.23. The van der Waals surface area contributed by atoms with E-state index >= 15 is 0 Å². The largest absolute Gasteiger partial charge is 0.423 e. The molecule has 2 aromatic rings. The number of fused-ring (bicyclic) bond motifs is 1. The van der Waals surface area contributed by atoms with Gasteiger partial charge >= 0.3 is 0 Å². The van der Waals surface area contributed by atoms with Crippen molar-refractivity contribution in [2.45, 2.75) is 19.3 Å². The molecule has 1 fully saturated rings. The fourth-order valence-corrected chi connectivity index (χ4v) is 2.45. The summed E-state index contributed by atoms with van der Waals surface area (Å²) in [5.41, 5.74) is 7.64. The highest BCUT2D eigenvalue weighted by Gasteiger charge is 2.17. The van der Waals surface area contributed by atoms with E-state index in [4.69, 9.17) is 10.2 Å². The Morgan fingerprint density at radius 1 is 1.35 bits per heavy atom. The van der Waals surface area contributed by atoms with Gasteiger partial charge in [-0.25, -0.2) is 0 Å². The SMILES string of the molecule is Nc1cccc2oc(NCC(=O)N3CCCCC3)nc12.